The summed E-state index contributed by atoms with van der Waals surface area (Å²) in [6, 6.07) is 56.0. The predicted octanol–water partition coefficient (Wildman–Crippen LogP) is 12.7. The molecule has 0 saturated heterocycles. The molecule has 2 heteroatoms. The van der Waals surface area contributed by atoms with Gasteiger partial charge in [-0.25, -0.2) is 0 Å². The summed E-state index contributed by atoms with van der Waals surface area (Å²) < 4.78 is 12.9. The zero-order chi connectivity index (χ0) is 30.2. The number of fused-ring (bicyclic) bond motifs is 7. The van der Waals surface area contributed by atoms with Crippen LogP contribution in [0.4, 0.5) is 0 Å². The number of para-hydroxylation sites is 1. The third-order valence-corrected chi connectivity index (χ3v) is 9.51. The van der Waals surface area contributed by atoms with Gasteiger partial charge in [0.1, 0.15) is 22.7 Å². The van der Waals surface area contributed by atoms with E-state index in [-0.39, 0.29) is 0 Å². The predicted molar refractivity (Wildman–Crippen MR) is 191 cm³/mol. The third kappa shape index (κ3) is 3.59. The quantitative estimate of drug-likeness (QED) is 0.205. The van der Waals surface area contributed by atoms with Gasteiger partial charge in [0.25, 0.3) is 0 Å². The van der Waals surface area contributed by atoms with Gasteiger partial charge in [-0.2, -0.15) is 0 Å². The van der Waals surface area contributed by atoms with E-state index >= 15 is 0 Å². The number of furan rings is 1. The Hall–Kier alpha value is -6.12. The summed E-state index contributed by atoms with van der Waals surface area (Å²) >= 11 is 0. The molecule has 0 amide bonds. The van der Waals surface area contributed by atoms with Gasteiger partial charge in [0.15, 0.2) is 0 Å². The van der Waals surface area contributed by atoms with Gasteiger partial charge < -0.3 is 9.15 Å². The van der Waals surface area contributed by atoms with Crippen LogP contribution >= 0.6 is 0 Å². The minimum atomic E-state index is 0.899. The maximum atomic E-state index is 6.46. The molecule has 0 unspecified atom stereocenters. The zero-order valence-corrected chi connectivity index (χ0v) is 24.8. The lowest BCUT2D eigenvalue weighted by atomic mass is 9.85. The lowest BCUT2D eigenvalue weighted by molar-refractivity contribution is 0.487. The van der Waals surface area contributed by atoms with Crippen molar-refractivity contribution in [2.24, 2.45) is 0 Å². The first-order valence-electron chi connectivity index (χ1n) is 15.7. The molecule has 1 aliphatic heterocycles. The van der Waals surface area contributed by atoms with Crippen LogP contribution < -0.4 is 4.74 Å². The third-order valence-electron chi connectivity index (χ3n) is 9.51. The Morgan fingerprint density at radius 2 is 0.848 bits per heavy atom. The van der Waals surface area contributed by atoms with E-state index < -0.39 is 0 Å². The monoisotopic (exact) mass is 586 g/mol. The zero-order valence-electron chi connectivity index (χ0n) is 24.8. The summed E-state index contributed by atoms with van der Waals surface area (Å²) in [5.74, 6) is 1.80. The number of rotatable bonds is 3. The Bertz CT molecular complexity index is 2680. The van der Waals surface area contributed by atoms with E-state index in [0.29, 0.717) is 0 Å². The molecule has 2 heterocycles. The normalized spacial score (nSPS) is 12.1. The fourth-order valence-electron chi connectivity index (χ4n) is 7.53. The number of ether oxygens (including phenoxy) is 1. The van der Waals surface area contributed by atoms with E-state index in [1.54, 1.807) is 0 Å². The van der Waals surface area contributed by atoms with Crippen molar-refractivity contribution < 1.29 is 9.15 Å². The summed E-state index contributed by atoms with van der Waals surface area (Å²) in [6.07, 6.45) is 0. The summed E-state index contributed by atoms with van der Waals surface area (Å²) in [4.78, 5) is 0. The fourth-order valence-corrected chi connectivity index (χ4v) is 7.53. The highest BCUT2D eigenvalue weighted by atomic mass is 16.5. The van der Waals surface area contributed by atoms with Crippen LogP contribution in [-0.4, -0.2) is 0 Å². The molecule has 0 bridgehead atoms. The smallest absolute Gasteiger partial charge is 0.136 e. The average molecular weight is 587 g/mol. The van der Waals surface area contributed by atoms with Gasteiger partial charge in [0, 0.05) is 21.7 Å². The van der Waals surface area contributed by atoms with Crippen LogP contribution in [0.25, 0.3) is 88.0 Å². The molecule has 1 aliphatic rings. The first-order valence-corrected chi connectivity index (χ1v) is 15.7. The van der Waals surface area contributed by atoms with Crippen molar-refractivity contribution >= 4 is 43.5 Å². The van der Waals surface area contributed by atoms with Crippen molar-refractivity contribution in [1.82, 2.24) is 0 Å². The minimum Gasteiger partial charge on any atom is -0.456 e. The van der Waals surface area contributed by atoms with Crippen molar-refractivity contribution in [2.75, 3.05) is 0 Å². The second-order valence-electron chi connectivity index (χ2n) is 12.0. The maximum absolute atomic E-state index is 6.46. The van der Waals surface area contributed by atoms with Gasteiger partial charge in [0.05, 0.1) is 0 Å². The number of hydrogen-bond acceptors (Lipinski definition) is 2. The van der Waals surface area contributed by atoms with E-state index in [2.05, 4.69) is 146 Å². The molecule has 0 saturated carbocycles. The van der Waals surface area contributed by atoms with E-state index in [1.807, 2.05) is 12.1 Å². The topological polar surface area (TPSA) is 22.4 Å². The lowest BCUT2D eigenvalue weighted by Gasteiger charge is -2.23. The number of benzene rings is 8. The van der Waals surface area contributed by atoms with Crippen LogP contribution in [0.2, 0.25) is 0 Å². The Kier molecular flexibility index (Phi) is 5.31. The lowest BCUT2D eigenvalue weighted by Crippen LogP contribution is -1.98. The molecule has 214 valence electrons. The SMILES string of the molecule is c1ccc2c(c1)Oc1ccc(-c3ccccc3-c3ccccc3-c3cccc4oc5ccc6ccccc6c5c34)c3cccc-2c13. The van der Waals surface area contributed by atoms with Crippen LogP contribution in [0.5, 0.6) is 11.5 Å². The molecule has 8 aromatic carbocycles. The van der Waals surface area contributed by atoms with Crippen LogP contribution in [0.1, 0.15) is 0 Å². The van der Waals surface area contributed by atoms with Crippen molar-refractivity contribution in [1.29, 1.82) is 0 Å². The molecule has 1 aromatic heterocycles. The van der Waals surface area contributed by atoms with Crippen molar-refractivity contribution in [3.05, 3.63) is 158 Å². The molecule has 0 N–H and O–H groups in total. The van der Waals surface area contributed by atoms with Gasteiger partial charge in [0.2, 0.25) is 0 Å². The Labute approximate surface area is 265 Å². The maximum Gasteiger partial charge on any atom is 0.136 e. The Balaban J connectivity index is 1.23. The highest BCUT2D eigenvalue weighted by Gasteiger charge is 2.23. The van der Waals surface area contributed by atoms with E-state index in [1.165, 1.54) is 55.1 Å². The Morgan fingerprint density at radius 1 is 0.283 bits per heavy atom. The Morgan fingerprint density at radius 3 is 1.65 bits per heavy atom. The van der Waals surface area contributed by atoms with E-state index in [4.69, 9.17) is 9.15 Å². The second kappa shape index (κ2) is 9.69. The molecular weight excluding hydrogens is 560 g/mol. The van der Waals surface area contributed by atoms with E-state index in [9.17, 15) is 0 Å². The molecule has 10 rings (SSSR count). The van der Waals surface area contributed by atoms with Crippen molar-refractivity contribution in [3.8, 4) is 56.0 Å². The molecule has 2 nitrogen and oxygen atoms in total. The highest BCUT2D eigenvalue weighted by molar-refractivity contribution is 6.23. The average Bonchev–Trinajstić information content (AvgIpc) is 3.52. The second-order valence-corrected chi connectivity index (χ2v) is 12.0. The van der Waals surface area contributed by atoms with Crippen LogP contribution in [0, 0.1) is 0 Å². The van der Waals surface area contributed by atoms with Gasteiger partial charge in [-0.3, -0.25) is 0 Å². The summed E-state index contributed by atoms with van der Waals surface area (Å²) in [5, 5.41) is 7.07. The van der Waals surface area contributed by atoms with Crippen LogP contribution in [0.3, 0.4) is 0 Å². The summed E-state index contributed by atoms with van der Waals surface area (Å²) in [7, 11) is 0. The first-order chi connectivity index (χ1) is 22.8. The molecule has 0 radical (unpaired) electrons. The molecule has 0 atom stereocenters. The van der Waals surface area contributed by atoms with E-state index in [0.717, 1.165) is 44.4 Å². The molecule has 46 heavy (non-hydrogen) atoms. The highest BCUT2D eigenvalue weighted by Crippen LogP contribution is 2.50. The molecule has 9 aromatic rings. The van der Waals surface area contributed by atoms with Crippen molar-refractivity contribution in [3.63, 3.8) is 0 Å². The van der Waals surface area contributed by atoms with Crippen LogP contribution in [-0.2, 0) is 0 Å². The summed E-state index contributed by atoms with van der Waals surface area (Å²) in [5.41, 5.74) is 11.2. The standard InChI is InChI=1S/C44H26O2/c1-2-12-28-27(11-1)23-25-41-43(28)44-36(20-10-22-39(44)46-41)32-16-6-5-14-30(32)29-13-3-4-15-31(29)33-24-26-40-42-35(33)18-9-19-37(42)34-17-7-8-21-38(34)45-40/h1-26H. The molecule has 0 fully saturated rings. The minimum absolute atomic E-state index is 0.899. The fraction of sp³-hybridized carbons (Fsp3) is 0. The molecular formula is C44H26O2. The largest absolute Gasteiger partial charge is 0.456 e. The first kappa shape index (κ1) is 25.2. The van der Waals surface area contributed by atoms with Crippen molar-refractivity contribution in [2.45, 2.75) is 0 Å². The van der Waals surface area contributed by atoms with Gasteiger partial charge >= 0.3 is 0 Å². The van der Waals surface area contributed by atoms with Gasteiger partial charge in [-0.15, -0.1) is 0 Å². The van der Waals surface area contributed by atoms with Gasteiger partial charge in [-0.05, 0) is 79.4 Å². The number of hydrogen-bond donors (Lipinski definition) is 0. The van der Waals surface area contributed by atoms with Crippen LogP contribution in [0.15, 0.2) is 162 Å². The summed E-state index contributed by atoms with van der Waals surface area (Å²) in [6.45, 7) is 0. The van der Waals surface area contributed by atoms with Gasteiger partial charge in [-0.1, -0.05) is 133 Å². The molecule has 0 spiro atoms. The molecule has 0 aliphatic carbocycles.